The fourth-order valence-electron chi connectivity index (χ4n) is 1.70. The number of rotatable bonds is 3. The van der Waals surface area contributed by atoms with Crippen molar-refractivity contribution in [3.05, 3.63) is 41.5 Å². The van der Waals surface area contributed by atoms with E-state index in [0.29, 0.717) is 0 Å². The average Bonchev–Trinajstić information content (AvgIpc) is 2.16. The lowest BCUT2D eigenvalue weighted by Gasteiger charge is -2.11. The molecule has 0 aliphatic carbocycles. The highest BCUT2D eigenvalue weighted by molar-refractivity contribution is 5.96. The number of allylic oxidation sites excluding steroid dienone is 1. The molecule has 0 amide bonds. The first-order chi connectivity index (χ1) is 6.57. The van der Waals surface area contributed by atoms with Gasteiger partial charge >= 0.3 is 0 Å². The second kappa shape index (κ2) is 4.23. The number of hydrogen-bond donors (Lipinski definition) is 0. The van der Waals surface area contributed by atoms with Crippen LogP contribution in [0.25, 0.3) is 5.57 Å². The van der Waals surface area contributed by atoms with Crippen molar-refractivity contribution < 1.29 is 4.79 Å². The Labute approximate surface area is 85.5 Å². The van der Waals surface area contributed by atoms with Gasteiger partial charge in [-0.15, -0.1) is 0 Å². The van der Waals surface area contributed by atoms with Gasteiger partial charge in [0.25, 0.3) is 0 Å². The normalized spacial score (nSPS) is 9.93. The van der Waals surface area contributed by atoms with Crippen molar-refractivity contribution in [3.63, 3.8) is 0 Å². The summed E-state index contributed by atoms with van der Waals surface area (Å²) in [7, 11) is 0. The van der Waals surface area contributed by atoms with Crippen LogP contribution in [0.1, 0.15) is 42.3 Å². The molecule has 0 unspecified atom stereocenters. The van der Waals surface area contributed by atoms with Crippen LogP contribution >= 0.6 is 0 Å². The molecule has 0 radical (unpaired) electrons. The van der Waals surface area contributed by atoms with E-state index in [9.17, 15) is 4.79 Å². The lowest BCUT2D eigenvalue weighted by Crippen LogP contribution is -2.01. The third-order valence-electron chi connectivity index (χ3n) is 2.37. The van der Waals surface area contributed by atoms with E-state index in [1.54, 1.807) is 6.92 Å². The largest absolute Gasteiger partial charge is 0.295 e. The lowest BCUT2D eigenvalue weighted by molar-refractivity contribution is 0.101. The molecular formula is C13H16O. The molecular weight excluding hydrogens is 172 g/mol. The Balaban J connectivity index is 3.39. The van der Waals surface area contributed by atoms with Crippen molar-refractivity contribution in [1.29, 1.82) is 0 Å². The molecule has 1 heteroatoms. The third kappa shape index (κ3) is 1.92. The van der Waals surface area contributed by atoms with Crippen LogP contribution in [0.15, 0.2) is 24.8 Å². The van der Waals surface area contributed by atoms with Gasteiger partial charge in [-0.2, -0.15) is 0 Å². The van der Waals surface area contributed by atoms with Crippen molar-refractivity contribution in [3.8, 4) is 0 Å². The van der Waals surface area contributed by atoms with Crippen LogP contribution in [-0.4, -0.2) is 5.78 Å². The highest BCUT2D eigenvalue weighted by atomic mass is 16.1. The fraction of sp³-hybridized carbons (Fsp3) is 0.308. The minimum Gasteiger partial charge on any atom is -0.295 e. The maximum Gasteiger partial charge on any atom is 0.160 e. The van der Waals surface area contributed by atoms with E-state index in [0.717, 1.165) is 28.7 Å². The van der Waals surface area contributed by atoms with E-state index in [1.807, 2.05) is 25.1 Å². The van der Waals surface area contributed by atoms with Crippen LogP contribution < -0.4 is 0 Å². The Morgan fingerprint density at radius 1 is 1.29 bits per heavy atom. The van der Waals surface area contributed by atoms with Gasteiger partial charge in [-0.3, -0.25) is 4.79 Å². The zero-order valence-electron chi connectivity index (χ0n) is 9.05. The quantitative estimate of drug-likeness (QED) is 0.664. The molecule has 0 aromatic heterocycles. The first kappa shape index (κ1) is 10.7. The zero-order valence-corrected chi connectivity index (χ0v) is 9.05. The zero-order chi connectivity index (χ0) is 10.7. The molecule has 0 fully saturated rings. The topological polar surface area (TPSA) is 17.1 Å². The SMILES string of the molecule is C=C(C)c1cccc(C(C)=O)c1CC. The predicted octanol–water partition coefficient (Wildman–Crippen LogP) is 3.48. The summed E-state index contributed by atoms with van der Waals surface area (Å²) in [5.74, 6) is 0.130. The number of carbonyl (C=O) groups is 1. The Kier molecular flexibility index (Phi) is 3.23. The summed E-state index contributed by atoms with van der Waals surface area (Å²) in [6.45, 7) is 9.57. The Hall–Kier alpha value is -1.37. The van der Waals surface area contributed by atoms with E-state index in [2.05, 4.69) is 13.5 Å². The molecule has 0 aliphatic rings. The number of Topliss-reactive ketones (excluding diaryl/α,β-unsaturated/α-hetero) is 1. The van der Waals surface area contributed by atoms with Gasteiger partial charge < -0.3 is 0 Å². The summed E-state index contributed by atoms with van der Waals surface area (Å²) in [4.78, 5) is 11.4. The Bertz CT molecular complexity index is 343. The number of ketones is 1. The number of carbonyl (C=O) groups excluding carboxylic acids is 1. The molecule has 0 spiro atoms. The summed E-state index contributed by atoms with van der Waals surface area (Å²) < 4.78 is 0. The maximum absolute atomic E-state index is 11.4. The molecule has 14 heavy (non-hydrogen) atoms. The summed E-state index contributed by atoms with van der Waals surface area (Å²) >= 11 is 0. The van der Waals surface area contributed by atoms with Crippen LogP contribution in [0, 0.1) is 0 Å². The van der Waals surface area contributed by atoms with E-state index in [4.69, 9.17) is 0 Å². The molecule has 0 atom stereocenters. The van der Waals surface area contributed by atoms with Gasteiger partial charge in [0.2, 0.25) is 0 Å². The first-order valence-electron chi connectivity index (χ1n) is 4.86. The summed E-state index contributed by atoms with van der Waals surface area (Å²) in [5.41, 5.74) is 4.07. The molecule has 0 heterocycles. The average molecular weight is 188 g/mol. The van der Waals surface area contributed by atoms with Crippen LogP contribution in [0.3, 0.4) is 0 Å². The summed E-state index contributed by atoms with van der Waals surface area (Å²) in [6, 6.07) is 5.82. The highest BCUT2D eigenvalue weighted by Gasteiger charge is 2.09. The van der Waals surface area contributed by atoms with Crippen LogP contribution in [0.4, 0.5) is 0 Å². The van der Waals surface area contributed by atoms with E-state index in [-0.39, 0.29) is 5.78 Å². The van der Waals surface area contributed by atoms with Gasteiger partial charge in [0.1, 0.15) is 0 Å². The maximum atomic E-state index is 11.4. The number of hydrogen-bond acceptors (Lipinski definition) is 1. The van der Waals surface area contributed by atoms with Crippen LogP contribution in [-0.2, 0) is 6.42 Å². The van der Waals surface area contributed by atoms with Crippen molar-refractivity contribution >= 4 is 11.4 Å². The minimum atomic E-state index is 0.130. The Morgan fingerprint density at radius 3 is 2.29 bits per heavy atom. The minimum absolute atomic E-state index is 0.130. The smallest absolute Gasteiger partial charge is 0.160 e. The van der Waals surface area contributed by atoms with Gasteiger partial charge in [0, 0.05) is 5.56 Å². The fourth-order valence-corrected chi connectivity index (χ4v) is 1.70. The summed E-state index contributed by atoms with van der Waals surface area (Å²) in [5, 5.41) is 0. The molecule has 1 rings (SSSR count). The molecule has 1 aromatic rings. The first-order valence-corrected chi connectivity index (χ1v) is 4.86. The van der Waals surface area contributed by atoms with Gasteiger partial charge in [0.15, 0.2) is 5.78 Å². The van der Waals surface area contributed by atoms with E-state index < -0.39 is 0 Å². The Morgan fingerprint density at radius 2 is 1.86 bits per heavy atom. The number of benzene rings is 1. The molecule has 0 bridgehead atoms. The molecule has 0 saturated carbocycles. The second-order valence-corrected chi connectivity index (χ2v) is 3.52. The van der Waals surface area contributed by atoms with Gasteiger partial charge in [-0.05, 0) is 31.4 Å². The van der Waals surface area contributed by atoms with Crippen molar-refractivity contribution in [2.75, 3.05) is 0 Å². The molecule has 0 N–H and O–H groups in total. The molecule has 74 valence electrons. The van der Waals surface area contributed by atoms with E-state index in [1.165, 1.54) is 0 Å². The highest BCUT2D eigenvalue weighted by Crippen LogP contribution is 2.22. The molecule has 1 nitrogen and oxygen atoms in total. The molecule has 0 saturated heterocycles. The standard InChI is InChI=1S/C13H16O/c1-5-11-12(9(2)3)7-6-8-13(11)10(4)14/h6-8H,2,5H2,1,3-4H3. The van der Waals surface area contributed by atoms with Crippen molar-refractivity contribution in [2.24, 2.45) is 0 Å². The van der Waals surface area contributed by atoms with E-state index >= 15 is 0 Å². The van der Waals surface area contributed by atoms with Gasteiger partial charge in [0.05, 0.1) is 0 Å². The summed E-state index contributed by atoms with van der Waals surface area (Å²) in [6.07, 6.45) is 0.873. The van der Waals surface area contributed by atoms with Crippen LogP contribution in [0.5, 0.6) is 0 Å². The van der Waals surface area contributed by atoms with Gasteiger partial charge in [-0.25, -0.2) is 0 Å². The third-order valence-corrected chi connectivity index (χ3v) is 2.37. The van der Waals surface area contributed by atoms with Crippen molar-refractivity contribution in [1.82, 2.24) is 0 Å². The predicted molar refractivity (Wildman–Crippen MR) is 60.5 cm³/mol. The van der Waals surface area contributed by atoms with Gasteiger partial charge in [-0.1, -0.05) is 37.3 Å². The second-order valence-electron chi connectivity index (χ2n) is 3.52. The molecule has 0 aliphatic heterocycles. The van der Waals surface area contributed by atoms with Crippen molar-refractivity contribution in [2.45, 2.75) is 27.2 Å². The molecule has 1 aromatic carbocycles. The monoisotopic (exact) mass is 188 g/mol. The lowest BCUT2D eigenvalue weighted by atomic mass is 9.93. The van der Waals surface area contributed by atoms with Crippen LogP contribution in [0.2, 0.25) is 0 Å².